The van der Waals surface area contributed by atoms with E-state index in [1.54, 1.807) is 32.9 Å². The number of hydrogen-bond donors (Lipinski definition) is 3. The summed E-state index contributed by atoms with van der Waals surface area (Å²) in [6.07, 6.45) is 0.106. The van der Waals surface area contributed by atoms with E-state index in [1.165, 1.54) is 17.0 Å². The van der Waals surface area contributed by atoms with E-state index in [1.807, 2.05) is 58.0 Å². The van der Waals surface area contributed by atoms with Crippen LogP contribution in [0.25, 0.3) is 0 Å². The second-order valence-electron chi connectivity index (χ2n) is 11.2. The van der Waals surface area contributed by atoms with Crippen LogP contribution in [0, 0.1) is 0 Å². The zero-order valence-corrected chi connectivity index (χ0v) is 23.0. The minimum absolute atomic E-state index is 0.0562. The Morgan fingerprint density at radius 1 is 0.946 bits per heavy atom. The summed E-state index contributed by atoms with van der Waals surface area (Å²) in [5.41, 5.74) is 0.130. The van der Waals surface area contributed by atoms with Crippen LogP contribution < -0.4 is 10.6 Å². The highest BCUT2D eigenvalue weighted by Crippen LogP contribution is 2.26. The van der Waals surface area contributed by atoms with E-state index in [9.17, 15) is 19.5 Å². The summed E-state index contributed by atoms with van der Waals surface area (Å²) in [5, 5.41) is 15.5. The molecular formula is C29H41N3O5. The average Bonchev–Trinajstić information content (AvgIpc) is 2.77. The van der Waals surface area contributed by atoms with Gasteiger partial charge in [0.15, 0.2) is 0 Å². The Bertz CT molecular complexity index is 1040. The van der Waals surface area contributed by atoms with Crippen LogP contribution >= 0.6 is 0 Å². The first kappa shape index (κ1) is 29.7. The molecule has 2 atom stereocenters. The molecule has 2 aromatic rings. The average molecular weight is 512 g/mol. The maximum absolute atomic E-state index is 14.1. The molecule has 2 unspecified atom stereocenters. The molecule has 8 heteroatoms. The lowest BCUT2D eigenvalue weighted by Crippen LogP contribution is -2.55. The number of carbonyl (C=O) groups excluding carboxylic acids is 3. The number of benzene rings is 2. The van der Waals surface area contributed by atoms with Crippen LogP contribution in [0.1, 0.15) is 72.1 Å². The van der Waals surface area contributed by atoms with Gasteiger partial charge in [-0.2, -0.15) is 0 Å². The van der Waals surface area contributed by atoms with E-state index >= 15 is 0 Å². The number of aromatic hydroxyl groups is 1. The molecule has 8 nitrogen and oxygen atoms in total. The van der Waals surface area contributed by atoms with Crippen molar-refractivity contribution in [2.24, 2.45) is 0 Å². The van der Waals surface area contributed by atoms with Crippen LogP contribution in [0.4, 0.5) is 4.79 Å². The van der Waals surface area contributed by atoms with Gasteiger partial charge in [-0.25, -0.2) is 4.79 Å². The normalized spacial score (nSPS) is 13.3. The topological polar surface area (TPSA) is 108 Å². The molecule has 0 bridgehead atoms. The van der Waals surface area contributed by atoms with Gasteiger partial charge in [0.2, 0.25) is 11.8 Å². The third-order valence-electron chi connectivity index (χ3n) is 5.29. The molecule has 3 amide bonds. The Morgan fingerprint density at radius 3 is 2.05 bits per heavy atom. The second-order valence-corrected chi connectivity index (χ2v) is 11.2. The van der Waals surface area contributed by atoms with Gasteiger partial charge in [0.1, 0.15) is 23.4 Å². The van der Waals surface area contributed by atoms with Crippen molar-refractivity contribution in [3.63, 3.8) is 0 Å². The number of hydrogen-bond acceptors (Lipinski definition) is 5. The third-order valence-corrected chi connectivity index (χ3v) is 5.29. The molecule has 3 N–H and O–H groups in total. The van der Waals surface area contributed by atoms with Gasteiger partial charge < -0.3 is 25.4 Å². The molecule has 0 aliphatic rings. The van der Waals surface area contributed by atoms with Crippen molar-refractivity contribution in [2.75, 3.05) is 6.54 Å². The molecule has 0 fully saturated rings. The van der Waals surface area contributed by atoms with E-state index in [4.69, 9.17) is 4.74 Å². The fourth-order valence-corrected chi connectivity index (χ4v) is 3.87. The number of nitrogens with zero attached hydrogens (tertiary/aromatic N) is 1. The quantitative estimate of drug-likeness (QED) is 0.451. The Balaban J connectivity index is 2.51. The molecular weight excluding hydrogens is 470 g/mol. The van der Waals surface area contributed by atoms with E-state index < -0.39 is 35.2 Å². The summed E-state index contributed by atoms with van der Waals surface area (Å²) in [6, 6.07) is 13.7. The maximum atomic E-state index is 14.1. The highest BCUT2D eigenvalue weighted by atomic mass is 16.6. The number of phenols is 1. The molecule has 0 saturated carbocycles. The highest BCUT2D eigenvalue weighted by molar-refractivity contribution is 5.92. The Kier molecular flexibility index (Phi) is 10.1. The molecule has 0 aromatic heterocycles. The Morgan fingerprint density at radius 2 is 1.54 bits per heavy atom. The highest BCUT2D eigenvalue weighted by Gasteiger charge is 2.37. The standard InChI is InChI=1S/C29H41N3O5/c1-8-18-32(24(25(34)31-28(2,3)4)21-14-16-22(33)17-15-21)26(35)23(19-20-12-10-9-11-13-20)30-27(36)37-29(5,6)7/h9-17,23-24,33H,8,18-19H2,1-7H3,(H,30,36)(H,31,34). The van der Waals surface area contributed by atoms with Crippen LogP contribution in [0.3, 0.4) is 0 Å². The molecule has 0 aliphatic heterocycles. The fraction of sp³-hybridized carbons (Fsp3) is 0.483. The van der Waals surface area contributed by atoms with Crippen LogP contribution in [-0.2, 0) is 20.7 Å². The van der Waals surface area contributed by atoms with Crippen LogP contribution in [-0.4, -0.2) is 51.6 Å². The van der Waals surface area contributed by atoms with Gasteiger partial charge in [-0.1, -0.05) is 49.4 Å². The summed E-state index contributed by atoms with van der Waals surface area (Å²) in [6.45, 7) is 13.1. The van der Waals surface area contributed by atoms with Gasteiger partial charge >= 0.3 is 6.09 Å². The van der Waals surface area contributed by atoms with Crippen molar-refractivity contribution < 1.29 is 24.2 Å². The van der Waals surface area contributed by atoms with Crippen molar-refractivity contribution in [3.05, 3.63) is 65.7 Å². The Hall–Kier alpha value is -3.55. The van der Waals surface area contributed by atoms with E-state index in [2.05, 4.69) is 10.6 Å². The lowest BCUT2D eigenvalue weighted by Gasteiger charge is -2.36. The van der Waals surface area contributed by atoms with Gasteiger partial charge in [-0.15, -0.1) is 0 Å². The predicted octanol–water partition coefficient (Wildman–Crippen LogP) is 4.72. The molecule has 2 aromatic carbocycles. The molecule has 2 rings (SSSR count). The molecule has 202 valence electrons. The second kappa shape index (κ2) is 12.6. The number of phenolic OH excluding ortho intramolecular Hbond substituents is 1. The zero-order chi connectivity index (χ0) is 27.8. The van der Waals surface area contributed by atoms with Gasteiger partial charge in [0.05, 0.1) is 0 Å². The first-order valence-electron chi connectivity index (χ1n) is 12.6. The molecule has 0 aliphatic carbocycles. The summed E-state index contributed by atoms with van der Waals surface area (Å²) in [4.78, 5) is 41.9. The van der Waals surface area contributed by atoms with Gasteiger partial charge in [0, 0.05) is 18.5 Å². The fourth-order valence-electron chi connectivity index (χ4n) is 3.87. The minimum atomic E-state index is -0.967. The number of alkyl carbamates (subject to hydrolysis) is 1. The Labute approximate surface area is 220 Å². The summed E-state index contributed by atoms with van der Waals surface area (Å²) < 4.78 is 5.44. The summed E-state index contributed by atoms with van der Waals surface area (Å²) in [7, 11) is 0. The van der Waals surface area contributed by atoms with Gasteiger partial charge in [0.25, 0.3) is 0 Å². The van der Waals surface area contributed by atoms with E-state index in [0.717, 1.165) is 5.56 Å². The molecule has 37 heavy (non-hydrogen) atoms. The van der Waals surface area contributed by atoms with Gasteiger partial charge in [-0.3, -0.25) is 9.59 Å². The number of ether oxygens (including phenoxy) is 1. The maximum Gasteiger partial charge on any atom is 0.408 e. The van der Waals surface area contributed by atoms with Crippen molar-refractivity contribution in [3.8, 4) is 5.75 Å². The number of nitrogens with one attached hydrogen (secondary N) is 2. The SMILES string of the molecule is CCCN(C(=O)C(Cc1ccccc1)NC(=O)OC(C)(C)C)C(C(=O)NC(C)(C)C)c1ccc(O)cc1. The zero-order valence-electron chi connectivity index (χ0n) is 23.0. The van der Waals surface area contributed by atoms with Crippen molar-refractivity contribution in [1.82, 2.24) is 15.5 Å². The molecule has 0 heterocycles. The molecule has 0 radical (unpaired) electrons. The van der Waals surface area contributed by atoms with Crippen molar-refractivity contribution in [1.29, 1.82) is 0 Å². The van der Waals surface area contributed by atoms with Crippen LogP contribution in [0.2, 0.25) is 0 Å². The number of carbonyl (C=O) groups is 3. The first-order valence-corrected chi connectivity index (χ1v) is 12.6. The van der Waals surface area contributed by atoms with Crippen LogP contribution in [0.5, 0.6) is 5.75 Å². The third kappa shape index (κ3) is 9.79. The molecule has 0 saturated heterocycles. The summed E-state index contributed by atoms with van der Waals surface area (Å²) >= 11 is 0. The number of amides is 3. The lowest BCUT2D eigenvalue weighted by molar-refractivity contribution is -0.143. The van der Waals surface area contributed by atoms with Crippen molar-refractivity contribution >= 4 is 17.9 Å². The largest absolute Gasteiger partial charge is 0.508 e. The first-order chi connectivity index (χ1) is 17.2. The van der Waals surface area contributed by atoms with E-state index in [0.29, 0.717) is 12.0 Å². The lowest BCUT2D eigenvalue weighted by atomic mass is 9.99. The monoisotopic (exact) mass is 511 g/mol. The van der Waals surface area contributed by atoms with Gasteiger partial charge in [-0.05, 0) is 71.2 Å². The predicted molar refractivity (Wildman–Crippen MR) is 144 cm³/mol. The number of rotatable bonds is 9. The van der Waals surface area contributed by atoms with Crippen molar-refractivity contribution in [2.45, 2.75) is 84.5 Å². The smallest absolute Gasteiger partial charge is 0.408 e. The summed E-state index contributed by atoms with van der Waals surface area (Å²) in [5.74, 6) is -0.699. The minimum Gasteiger partial charge on any atom is -0.508 e. The molecule has 0 spiro atoms. The van der Waals surface area contributed by atoms with Crippen LogP contribution in [0.15, 0.2) is 54.6 Å². The van der Waals surface area contributed by atoms with E-state index in [-0.39, 0.29) is 24.6 Å².